The monoisotopic (exact) mass is 167 g/mol. The zero-order valence-electron chi connectivity index (χ0n) is 8.23. The van der Waals surface area contributed by atoms with Crippen LogP contribution in [-0.4, -0.2) is 10.2 Å². The van der Waals surface area contributed by atoms with Crippen LogP contribution in [0.4, 0.5) is 5.82 Å². The summed E-state index contributed by atoms with van der Waals surface area (Å²) >= 11 is 0. The largest absolute Gasteiger partial charge is 0.382 e. The number of nitrogens with zero attached hydrogens (tertiary/aromatic N) is 1. The van der Waals surface area contributed by atoms with Gasteiger partial charge in [0.1, 0.15) is 5.82 Å². The molecule has 0 saturated heterocycles. The molecule has 0 saturated carbocycles. The molecule has 0 aliphatic heterocycles. The topological polar surface area (TPSA) is 54.7 Å². The molecule has 0 fully saturated rings. The SMILES string of the molecule is Cc1c(N)n[nH]c1CC(C)(C)C. The van der Waals surface area contributed by atoms with E-state index >= 15 is 0 Å². The highest BCUT2D eigenvalue weighted by atomic mass is 15.2. The van der Waals surface area contributed by atoms with Crippen LogP contribution in [0.15, 0.2) is 0 Å². The van der Waals surface area contributed by atoms with Crippen molar-refractivity contribution in [3.05, 3.63) is 11.3 Å². The molecule has 0 radical (unpaired) electrons. The summed E-state index contributed by atoms with van der Waals surface area (Å²) in [5.74, 6) is 0.620. The van der Waals surface area contributed by atoms with Gasteiger partial charge < -0.3 is 5.73 Å². The Morgan fingerprint density at radius 2 is 2.00 bits per heavy atom. The van der Waals surface area contributed by atoms with Crippen LogP contribution < -0.4 is 5.73 Å². The van der Waals surface area contributed by atoms with Gasteiger partial charge in [0.25, 0.3) is 0 Å². The molecule has 1 aromatic rings. The first-order valence-electron chi connectivity index (χ1n) is 4.19. The summed E-state index contributed by atoms with van der Waals surface area (Å²) in [4.78, 5) is 0. The van der Waals surface area contributed by atoms with Crippen molar-refractivity contribution in [1.29, 1.82) is 0 Å². The Labute approximate surface area is 73.4 Å². The van der Waals surface area contributed by atoms with E-state index in [1.165, 1.54) is 0 Å². The fourth-order valence-electron chi connectivity index (χ4n) is 1.15. The lowest BCUT2D eigenvalue weighted by Gasteiger charge is -2.16. The quantitative estimate of drug-likeness (QED) is 0.671. The van der Waals surface area contributed by atoms with Gasteiger partial charge in [-0.1, -0.05) is 20.8 Å². The summed E-state index contributed by atoms with van der Waals surface area (Å²) in [5.41, 5.74) is 8.14. The summed E-state index contributed by atoms with van der Waals surface area (Å²) < 4.78 is 0. The first-order chi connectivity index (χ1) is 5.40. The zero-order valence-corrected chi connectivity index (χ0v) is 8.23. The van der Waals surface area contributed by atoms with Gasteiger partial charge in [-0.2, -0.15) is 5.10 Å². The molecule has 0 aromatic carbocycles. The average molecular weight is 167 g/mol. The molecule has 0 aliphatic carbocycles. The molecule has 3 N–H and O–H groups in total. The zero-order chi connectivity index (χ0) is 9.35. The van der Waals surface area contributed by atoms with Crippen LogP contribution in [0.25, 0.3) is 0 Å². The van der Waals surface area contributed by atoms with Crippen molar-refractivity contribution in [3.63, 3.8) is 0 Å². The standard InChI is InChI=1S/C9H17N3/c1-6-7(5-9(2,3)4)11-12-8(6)10/h5H2,1-4H3,(H3,10,11,12). The molecule has 68 valence electrons. The van der Waals surface area contributed by atoms with Crippen molar-refractivity contribution in [2.75, 3.05) is 5.73 Å². The highest BCUT2D eigenvalue weighted by molar-refractivity contribution is 5.40. The third-order valence-electron chi connectivity index (χ3n) is 1.86. The van der Waals surface area contributed by atoms with Gasteiger partial charge in [-0.15, -0.1) is 0 Å². The lowest BCUT2D eigenvalue weighted by molar-refractivity contribution is 0.405. The lowest BCUT2D eigenvalue weighted by atomic mass is 9.89. The van der Waals surface area contributed by atoms with Crippen molar-refractivity contribution in [3.8, 4) is 0 Å². The van der Waals surface area contributed by atoms with Gasteiger partial charge in [-0.25, -0.2) is 0 Å². The number of aromatic nitrogens is 2. The van der Waals surface area contributed by atoms with Gasteiger partial charge in [-0.3, -0.25) is 5.10 Å². The third-order valence-corrected chi connectivity index (χ3v) is 1.86. The maximum atomic E-state index is 5.62. The van der Waals surface area contributed by atoms with Crippen molar-refractivity contribution in [1.82, 2.24) is 10.2 Å². The second kappa shape index (κ2) is 2.81. The molecule has 1 aromatic heterocycles. The molecule has 0 unspecified atom stereocenters. The minimum atomic E-state index is 0.281. The highest BCUT2D eigenvalue weighted by Gasteiger charge is 2.15. The number of aromatic amines is 1. The Hall–Kier alpha value is -0.990. The number of nitrogens with two attached hydrogens (primary N) is 1. The number of anilines is 1. The van der Waals surface area contributed by atoms with Crippen LogP contribution in [-0.2, 0) is 6.42 Å². The van der Waals surface area contributed by atoms with E-state index < -0.39 is 0 Å². The van der Waals surface area contributed by atoms with Gasteiger partial charge in [0, 0.05) is 11.3 Å². The van der Waals surface area contributed by atoms with E-state index in [0.29, 0.717) is 5.82 Å². The summed E-state index contributed by atoms with van der Waals surface area (Å²) in [6.07, 6.45) is 0.989. The van der Waals surface area contributed by atoms with E-state index in [1.54, 1.807) is 0 Å². The molecule has 3 heteroatoms. The number of hydrogen-bond donors (Lipinski definition) is 2. The molecule has 1 rings (SSSR count). The van der Waals surface area contributed by atoms with Gasteiger partial charge in [0.05, 0.1) is 0 Å². The minimum absolute atomic E-state index is 0.281. The van der Waals surface area contributed by atoms with Gasteiger partial charge in [0.2, 0.25) is 0 Å². The molecular weight excluding hydrogens is 150 g/mol. The predicted molar refractivity (Wildman–Crippen MR) is 50.9 cm³/mol. The average Bonchev–Trinajstić information content (AvgIpc) is 2.16. The molecular formula is C9H17N3. The summed E-state index contributed by atoms with van der Waals surface area (Å²) in [6, 6.07) is 0. The van der Waals surface area contributed by atoms with Gasteiger partial charge in [-0.05, 0) is 18.8 Å². The van der Waals surface area contributed by atoms with Crippen LogP contribution >= 0.6 is 0 Å². The fraction of sp³-hybridized carbons (Fsp3) is 0.667. The fourth-order valence-corrected chi connectivity index (χ4v) is 1.15. The lowest BCUT2D eigenvalue weighted by Crippen LogP contribution is -2.10. The van der Waals surface area contributed by atoms with E-state index in [0.717, 1.165) is 17.7 Å². The van der Waals surface area contributed by atoms with Crippen LogP contribution in [0.5, 0.6) is 0 Å². The molecule has 0 bridgehead atoms. The first-order valence-corrected chi connectivity index (χ1v) is 4.19. The van der Waals surface area contributed by atoms with Crippen LogP contribution in [0.2, 0.25) is 0 Å². The number of nitrogens with one attached hydrogen (secondary N) is 1. The summed E-state index contributed by atoms with van der Waals surface area (Å²) in [7, 11) is 0. The third kappa shape index (κ3) is 2.00. The second-order valence-corrected chi connectivity index (χ2v) is 4.45. The molecule has 0 amide bonds. The van der Waals surface area contributed by atoms with Crippen molar-refractivity contribution in [2.45, 2.75) is 34.1 Å². The Balaban J connectivity index is 2.83. The van der Waals surface area contributed by atoms with Gasteiger partial charge in [0.15, 0.2) is 0 Å². The Morgan fingerprint density at radius 1 is 1.42 bits per heavy atom. The summed E-state index contributed by atoms with van der Waals surface area (Å²) in [5, 5.41) is 6.91. The van der Waals surface area contributed by atoms with Crippen molar-refractivity contribution >= 4 is 5.82 Å². The number of H-pyrrole nitrogens is 1. The summed E-state index contributed by atoms with van der Waals surface area (Å²) in [6.45, 7) is 8.59. The van der Waals surface area contributed by atoms with Crippen molar-refractivity contribution < 1.29 is 0 Å². The molecule has 3 nitrogen and oxygen atoms in total. The van der Waals surface area contributed by atoms with Crippen LogP contribution in [0, 0.1) is 12.3 Å². The second-order valence-electron chi connectivity index (χ2n) is 4.45. The van der Waals surface area contributed by atoms with E-state index in [1.807, 2.05) is 6.92 Å². The molecule has 0 aliphatic rings. The number of hydrogen-bond acceptors (Lipinski definition) is 2. The van der Waals surface area contributed by atoms with E-state index in [2.05, 4.69) is 31.0 Å². The number of rotatable bonds is 1. The van der Waals surface area contributed by atoms with E-state index in [9.17, 15) is 0 Å². The predicted octanol–water partition coefficient (Wildman–Crippen LogP) is 1.89. The Kier molecular flexibility index (Phi) is 2.13. The molecule has 1 heterocycles. The Morgan fingerprint density at radius 3 is 2.33 bits per heavy atom. The normalized spacial score (nSPS) is 12.0. The minimum Gasteiger partial charge on any atom is -0.382 e. The molecule has 0 atom stereocenters. The van der Waals surface area contributed by atoms with Crippen molar-refractivity contribution in [2.24, 2.45) is 5.41 Å². The highest BCUT2D eigenvalue weighted by Crippen LogP contribution is 2.22. The smallest absolute Gasteiger partial charge is 0.148 e. The van der Waals surface area contributed by atoms with Gasteiger partial charge >= 0.3 is 0 Å². The molecule has 0 spiro atoms. The van der Waals surface area contributed by atoms with E-state index in [-0.39, 0.29) is 5.41 Å². The first kappa shape index (κ1) is 9.10. The Bertz CT molecular complexity index is 268. The molecule has 12 heavy (non-hydrogen) atoms. The maximum Gasteiger partial charge on any atom is 0.148 e. The maximum absolute atomic E-state index is 5.62. The van der Waals surface area contributed by atoms with E-state index in [4.69, 9.17) is 5.73 Å². The van der Waals surface area contributed by atoms with Crippen LogP contribution in [0.3, 0.4) is 0 Å². The van der Waals surface area contributed by atoms with Crippen LogP contribution in [0.1, 0.15) is 32.0 Å². The number of nitrogen functional groups attached to an aromatic ring is 1.